The van der Waals surface area contributed by atoms with Crippen molar-refractivity contribution >= 4 is 21.4 Å². The lowest BCUT2D eigenvalue weighted by Crippen LogP contribution is -2.41. The minimum atomic E-state index is -3.00. The van der Waals surface area contributed by atoms with Crippen LogP contribution in [0, 0.1) is 0 Å². The van der Waals surface area contributed by atoms with Crippen molar-refractivity contribution in [3.05, 3.63) is 18.0 Å². The van der Waals surface area contributed by atoms with Gasteiger partial charge in [-0.1, -0.05) is 0 Å². The molecule has 1 atom stereocenters. The van der Waals surface area contributed by atoms with E-state index in [9.17, 15) is 13.2 Å². The minimum absolute atomic E-state index is 0.0756. The quantitative estimate of drug-likeness (QED) is 0.901. The predicted octanol–water partition coefficient (Wildman–Crippen LogP) is 1.05. The van der Waals surface area contributed by atoms with E-state index < -0.39 is 9.84 Å². The second-order valence-electron chi connectivity index (χ2n) is 5.95. The molecule has 0 aromatic carbocycles. The number of hydrogen-bond donors (Lipinski definition) is 1. The van der Waals surface area contributed by atoms with Gasteiger partial charge in [0.25, 0.3) is 5.91 Å². The SMILES string of the molecule is CCN(C(=O)c1cc(N)cn1C1CC1)C1CCS(=O)(=O)C1. The predicted molar refractivity (Wildman–Crippen MR) is 80.9 cm³/mol. The maximum absolute atomic E-state index is 12.8. The topological polar surface area (TPSA) is 85.4 Å². The molecule has 2 aliphatic rings. The summed E-state index contributed by atoms with van der Waals surface area (Å²) in [4.78, 5) is 14.5. The summed E-state index contributed by atoms with van der Waals surface area (Å²) in [5.41, 5.74) is 7.00. The Labute approximate surface area is 124 Å². The van der Waals surface area contributed by atoms with Crippen molar-refractivity contribution in [3.63, 3.8) is 0 Å². The fraction of sp³-hybridized carbons (Fsp3) is 0.643. The Kier molecular flexibility index (Phi) is 3.47. The van der Waals surface area contributed by atoms with Gasteiger partial charge in [-0.15, -0.1) is 0 Å². The van der Waals surface area contributed by atoms with Crippen molar-refractivity contribution in [2.45, 2.75) is 38.3 Å². The number of nitrogens with zero attached hydrogens (tertiary/aromatic N) is 2. The summed E-state index contributed by atoms with van der Waals surface area (Å²) in [5, 5.41) is 0. The van der Waals surface area contributed by atoms with Crippen LogP contribution in [0.3, 0.4) is 0 Å². The van der Waals surface area contributed by atoms with Crippen LogP contribution in [0.25, 0.3) is 0 Å². The summed E-state index contributed by atoms with van der Waals surface area (Å²) >= 11 is 0. The Morgan fingerprint density at radius 2 is 2.14 bits per heavy atom. The van der Waals surface area contributed by atoms with Gasteiger partial charge in [0.15, 0.2) is 9.84 Å². The Morgan fingerprint density at radius 3 is 2.67 bits per heavy atom. The molecule has 1 saturated heterocycles. The van der Waals surface area contributed by atoms with Gasteiger partial charge >= 0.3 is 0 Å². The third-order valence-electron chi connectivity index (χ3n) is 4.28. The van der Waals surface area contributed by atoms with E-state index in [-0.39, 0.29) is 23.5 Å². The number of hydrogen-bond acceptors (Lipinski definition) is 4. The summed E-state index contributed by atoms with van der Waals surface area (Å²) in [6, 6.07) is 1.86. The number of anilines is 1. The minimum Gasteiger partial charge on any atom is -0.397 e. The molecule has 1 aliphatic heterocycles. The first kappa shape index (κ1) is 14.4. The zero-order chi connectivity index (χ0) is 15.2. The van der Waals surface area contributed by atoms with Gasteiger partial charge in [-0.3, -0.25) is 4.79 Å². The van der Waals surface area contributed by atoms with Gasteiger partial charge in [-0.05, 0) is 32.3 Å². The number of rotatable bonds is 4. The smallest absolute Gasteiger partial charge is 0.270 e. The molecule has 116 valence electrons. The molecule has 0 spiro atoms. The molecular weight excluding hydrogens is 290 g/mol. The van der Waals surface area contributed by atoms with E-state index in [4.69, 9.17) is 5.73 Å². The molecular formula is C14H21N3O3S. The van der Waals surface area contributed by atoms with Gasteiger partial charge < -0.3 is 15.2 Å². The average molecular weight is 311 g/mol. The van der Waals surface area contributed by atoms with Crippen LogP contribution in [0.1, 0.15) is 42.7 Å². The first-order valence-corrected chi connectivity index (χ1v) is 9.22. The van der Waals surface area contributed by atoms with E-state index >= 15 is 0 Å². The summed E-state index contributed by atoms with van der Waals surface area (Å²) in [5.74, 6) is 0.141. The Balaban J connectivity index is 1.86. The average Bonchev–Trinajstić information content (AvgIpc) is 3.10. The van der Waals surface area contributed by atoms with Crippen LogP contribution >= 0.6 is 0 Å². The first-order valence-electron chi connectivity index (χ1n) is 7.40. The number of carbonyl (C=O) groups is 1. The third-order valence-corrected chi connectivity index (χ3v) is 6.03. The fourth-order valence-electron chi connectivity index (χ4n) is 3.06. The van der Waals surface area contributed by atoms with Crippen LogP contribution in [0.15, 0.2) is 12.3 Å². The lowest BCUT2D eigenvalue weighted by atomic mass is 10.2. The van der Waals surface area contributed by atoms with Crippen LogP contribution in [-0.2, 0) is 9.84 Å². The second-order valence-corrected chi connectivity index (χ2v) is 8.17. The van der Waals surface area contributed by atoms with Crippen molar-refractivity contribution < 1.29 is 13.2 Å². The van der Waals surface area contributed by atoms with Gasteiger partial charge in [0, 0.05) is 24.8 Å². The number of sulfone groups is 1. The van der Waals surface area contributed by atoms with Crippen LogP contribution in [0.5, 0.6) is 0 Å². The molecule has 1 aromatic heterocycles. The van der Waals surface area contributed by atoms with Crippen LogP contribution in [0.4, 0.5) is 5.69 Å². The van der Waals surface area contributed by atoms with E-state index in [0.29, 0.717) is 30.4 Å². The number of nitrogens with two attached hydrogens (primary N) is 1. The van der Waals surface area contributed by atoms with Crippen molar-refractivity contribution in [1.82, 2.24) is 9.47 Å². The molecule has 21 heavy (non-hydrogen) atoms. The largest absolute Gasteiger partial charge is 0.397 e. The maximum atomic E-state index is 12.8. The fourth-order valence-corrected chi connectivity index (χ4v) is 4.79. The van der Waals surface area contributed by atoms with Crippen molar-refractivity contribution in [2.75, 3.05) is 23.8 Å². The van der Waals surface area contributed by atoms with Crippen LogP contribution in [0.2, 0.25) is 0 Å². The van der Waals surface area contributed by atoms with Gasteiger partial charge in [-0.2, -0.15) is 0 Å². The van der Waals surface area contributed by atoms with E-state index in [0.717, 1.165) is 12.8 Å². The monoisotopic (exact) mass is 311 g/mol. The number of carbonyl (C=O) groups excluding carboxylic acids is 1. The molecule has 2 fully saturated rings. The zero-order valence-electron chi connectivity index (χ0n) is 12.2. The van der Waals surface area contributed by atoms with Crippen molar-refractivity contribution in [3.8, 4) is 0 Å². The van der Waals surface area contributed by atoms with E-state index in [1.807, 2.05) is 17.7 Å². The number of amides is 1. The lowest BCUT2D eigenvalue weighted by Gasteiger charge is -2.27. The molecule has 6 nitrogen and oxygen atoms in total. The highest BCUT2D eigenvalue weighted by atomic mass is 32.2. The molecule has 1 aliphatic carbocycles. The van der Waals surface area contributed by atoms with Gasteiger partial charge in [0.1, 0.15) is 5.69 Å². The molecule has 0 radical (unpaired) electrons. The molecule has 0 bridgehead atoms. The highest BCUT2D eigenvalue weighted by Gasteiger charge is 2.36. The van der Waals surface area contributed by atoms with Gasteiger partial charge in [0.05, 0.1) is 17.2 Å². The Bertz CT molecular complexity index is 661. The zero-order valence-corrected chi connectivity index (χ0v) is 13.0. The van der Waals surface area contributed by atoms with Crippen LogP contribution in [-0.4, -0.2) is 47.9 Å². The molecule has 1 amide bonds. The molecule has 7 heteroatoms. The molecule has 1 saturated carbocycles. The van der Waals surface area contributed by atoms with E-state index in [1.165, 1.54) is 0 Å². The lowest BCUT2D eigenvalue weighted by molar-refractivity contribution is 0.0697. The Hall–Kier alpha value is -1.50. The van der Waals surface area contributed by atoms with E-state index in [1.54, 1.807) is 11.0 Å². The van der Waals surface area contributed by atoms with Crippen molar-refractivity contribution in [1.29, 1.82) is 0 Å². The Morgan fingerprint density at radius 1 is 1.43 bits per heavy atom. The molecule has 3 rings (SSSR count). The summed E-state index contributed by atoms with van der Waals surface area (Å²) in [7, 11) is -3.00. The van der Waals surface area contributed by atoms with E-state index in [2.05, 4.69) is 0 Å². The van der Waals surface area contributed by atoms with Crippen molar-refractivity contribution in [2.24, 2.45) is 0 Å². The first-order chi connectivity index (χ1) is 9.91. The summed E-state index contributed by atoms with van der Waals surface area (Å²) in [6.07, 6.45) is 4.47. The van der Waals surface area contributed by atoms with Gasteiger partial charge in [0.2, 0.25) is 0 Å². The second kappa shape index (κ2) is 5.05. The third kappa shape index (κ3) is 2.79. The molecule has 2 heterocycles. The normalized spacial score (nSPS) is 24.1. The number of nitrogen functional groups attached to an aromatic ring is 1. The summed E-state index contributed by atoms with van der Waals surface area (Å²) < 4.78 is 25.2. The molecule has 1 unspecified atom stereocenters. The standard InChI is InChI=1S/C14H21N3O3S/c1-2-16(12-5-6-21(19,20)9-12)14(18)13-7-10(15)8-17(13)11-3-4-11/h7-8,11-12H,2-6,9,15H2,1H3. The number of aromatic nitrogens is 1. The van der Waals surface area contributed by atoms with Gasteiger partial charge in [-0.25, -0.2) is 8.42 Å². The van der Waals surface area contributed by atoms with Crippen LogP contribution < -0.4 is 5.73 Å². The molecule has 2 N–H and O–H groups in total. The highest BCUT2D eigenvalue weighted by Crippen LogP contribution is 2.37. The maximum Gasteiger partial charge on any atom is 0.270 e. The highest BCUT2D eigenvalue weighted by molar-refractivity contribution is 7.91. The molecule has 1 aromatic rings. The summed E-state index contributed by atoms with van der Waals surface area (Å²) in [6.45, 7) is 2.39.